The van der Waals surface area contributed by atoms with Crippen LogP contribution in [0.3, 0.4) is 0 Å². The highest BCUT2D eigenvalue weighted by molar-refractivity contribution is 6.21. The molecule has 2 nitrogen and oxygen atoms in total. The lowest BCUT2D eigenvalue weighted by atomic mass is 9.82. The Morgan fingerprint density at radius 3 is 2.89 bits per heavy atom. The number of fused-ring (bicyclic) bond motifs is 1. The van der Waals surface area contributed by atoms with E-state index in [0.717, 1.165) is 45.2 Å². The first-order valence-electron chi connectivity index (χ1n) is 7.26. The van der Waals surface area contributed by atoms with Crippen LogP contribution in [-0.4, -0.2) is 29.3 Å². The van der Waals surface area contributed by atoms with Crippen LogP contribution in [0.1, 0.15) is 42.7 Å². The molecule has 102 valence electrons. The third-order valence-corrected chi connectivity index (χ3v) is 4.70. The first-order chi connectivity index (χ1) is 9.25. The molecule has 1 fully saturated rings. The molecule has 2 aliphatic rings. The van der Waals surface area contributed by atoms with E-state index < -0.39 is 0 Å². The lowest BCUT2D eigenvalue weighted by Gasteiger charge is -2.34. The van der Waals surface area contributed by atoms with Crippen molar-refractivity contribution in [2.45, 2.75) is 43.4 Å². The van der Waals surface area contributed by atoms with Crippen LogP contribution >= 0.6 is 11.6 Å². The molecular formula is C16H20ClNO. The number of hydrogen-bond acceptors (Lipinski definition) is 1. The Morgan fingerprint density at radius 2 is 2.05 bits per heavy atom. The summed E-state index contributed by atoms with van der Waals surface area (Å²) in [6, 6.07) is 8.40. The van der Waals surface area contributed by atoms with Gasteiger partial charge in [0, 0.05) is 13.1 Å². The monoisotopic (exact) mass is 277 g/mol. The average molecular weight is 278 g/mol. The summed E-state index contributed by atoms with van der Waals surface area (Å²) in [5, 5.41) is 0.136. The minimum atomic E-state index is 0.0620. The third-order valence-electron chi connectivity index (χ3n) is 4.34. The second-order valence-electron chi connectivity index (χ2n) is 5.67. The van der Waals surface area contributed by atoms with E-state index in [-0.39, 0.29) is 17.2 Å². The number of benzene rings is 1. The van der Waals surface area contributed by atoms with Crippen molar-refractivity contribution in [3.8, 4) is 0 Å². The zero-order valence-corrected chi connectivity index (χ0v) is 11.9. The number of alkyl halides is 1. The van der Waals surface area contributed by atoms with E-state index in [4.69, 9.17) is 11.6 Å². The summed E-state index contributed by atoms with van der Waals surface area (Å²) in [5.74, 6) is 0.351. The van der Waals surface area contributed by atoms with Crippen LogP contribution in [0.5, 0.6) is 0 Å². The number of halogens is 1. The Kier molecular flexibility index (Phi) is 3.79. The van der Waals surface area contributed by atoms with Gasteiger partial charge in [0.05, 0.1) is 11.3 Å². The number of nitrogens with zero attached hydrogens (tertiary/aromatic N) is 1. The summed E-state index contributed by atoms with van der Waals surface area (Å²) in [7, 11) is 0. The second-order valence-corrected chi connectivity index (χ2v) is 6.28. The maximum atomic E-state index is 12.7. The Labute approximate surface area is 119 Å². The summed E-state index contributed by atoms with van der Waals surface area (Å²) in [5.41, 5.74) is 2.60. The van der Waals surface area contributed by atoms with Crippen molar-refractivity contribution in [1.29, 1.82) is 0 Å². The van der Waals surface area contributed by atoms with Crippen molar-refractivity contribution in [3.05, 3.63) is 35.4 Å². The van der Waals surface area contributed by atoms with E-state index >= 15 is 0 Å². The highest BCUT2D eigenvalue weighted by atomic mass is 35.5. The normalized spacial score (nSPS) is 26.9. The maximum Gasteiger partial charge on any atom is 0.230 e. The van der Waals surface area contributed by atoms with Crippen LogP contribution in [0, 0.1) is 0 Å². The number of carbonyl (C=O) groups is 1. The van der Waals surface area contributed by atoms with Crippen LogP contribution in [0.4, 0.5) is 0 Å². The minimum Gasteiger partial charge on any atom is -0.341 e. The number of hydrogen-bond donors (Lipinski definition) is 0. The standard InChI is InChI=1S/C16H20ClNO/c17-13-7-4-10-18(11-13)16(19)15-9-3-6-12-5-1-2-8-14(12)15/h1-2,5,8,13,15H,3-4,6-7,9-11H2. The molecule has 1 saturated heterocycles. The number of likely N-dealkylation sites (tertiary alicyclic amines) is 1. The van der Waals surface area contributed by atoms with Crippen molar-refractivity contribution >= 4 is 17.5 Å². The Morgan fingerprint density at radius 1 is 1.21 bits per heavy atom. The molecule has 0 radical (unpaired) electrons. The number of amides is 1. The molecule has 1 heterocycles. The molecule has 0 aromatic heterocycles. The second kappa shape index (κ2) is 5.54. The molecular weight excluding hydrogens is 258 g/mol. The summed E-state index contributed by atoms with van der Waals surface area (Å²) in [4.78, 5) is 14.7. The highest BCUT2D eigenvalue weighted by Gasteiger charge is 2.31. The van der Waals surface area contributed by atoms with Crippen LogP contribution < -0.4 is 0 Å². The first kappa shape index (κ1) is 13.0. The van der Waals surface area contributed by atoms with Crippen molar-refractivity contribution < 1.29 is 4.79 Å². The molecule has 2 atom stereocenters. The fourth-order valence-electron chi connectivity index (χ4n) is 3.36. The molecule has 1 aromatic rings. The quantitative estimate of drug-likeness (QED) is 0.721. The van der Waals surface area contributed by atoms with E-state index in [1.165, 1.54) is 11.1 Å². The lowest BCUT2D eigenvalue weighted by Crippen LogP contribution is -2.43. The number of carbonyl (C=O) groups excluding carboxylic acids is 1. The Balaban J connectivity index is 1.81. The van der Waals surface area contributed by atoms with Gasteiger partial charge in [0.15, 0.2) is 0 Å². The van der Waals surface area contributed by atoms with E-state index in [1.54, 1.807) is 0 Å². The van der Waals surface area contributed by atoms with Crippen molar-refractivity contribution in [2.24, 2.45) is 0 Å². The van der Waals surface area contributed by atoms with Gasteiger partial charge in [-0.1, -0.05) is 24.3 Å². The summed E-state index contributed by atoms with van der Waals surface area (Å²) < 4.78 is 0. The van der Waals surface area contributed by atoms with E-state index in [1.807, 2.05) is 11.0 Å². The van der Waals surface area contributed by atoms with Gasteiger partial charge < -0.3 is 4.90 Å². The molecule has 0 N–H and O–H groups in total. The molecule has 0 saturated carbocycles. The van der Waals surface area contributed by atoms with Crippen LogP contribution in [-0.2, 0) is 11.2 Å². The van der Waals surface area contributed by atoms with Gasteiger partial charge in [-0.15, -0.1) is 11.6 Å². The van der Waals surface area contributed by atoms with E-state index in [2.05, 4.69) is 18.2 Å². The lowest BCUT2D eigenvalue weighted by molar-refractivity contribution is -0.134. The molecule has 0 spiro atoms. The summed E-state index contributed by atoms with van der Waals surface area (Å²) in [6.45, 7) is 1.60. The number of aryl methyl sites for hydroxylation is 1. The van der Waals surface area contributed by atoms with Gasteiger partial charge >= 0.3 is 0 Å². The largest absolute Gasteiger partial charge is 0.341 e. The Hall–Kier alpha value is -1.02. The molecule has 1 aliphatic carbocycles. The van der Waals surface area contributed by atoms with Gasteiger partial charge in [-0.25, -0.2) is 0 Å². The summed E-state index contributed by atoms with van der Waals surface area (Å²) in [6.07, 6.45) is 5.28. The van der Waals surface area contributed by atoms with Gasteiger partial charge in [-0.2, -0.15) is 0 Å². The smallest absolute Gasteiger partial charge is 0.230 e. The third kappa shape index (κ3) is 2.64. The molecule has 0 bridgehead atoms. The van der Waals surface area contributed by atoms with E-state index in [9.17, 15) is 4.79 Å². The van der Waals surface area contributed by atoms with Gasteiger partial charge in [0.25, 0.3) is 0 Å². The Bertz CT molecular complexity index is 474. The fourth-order valence-corrected chi connectivity index (χ4v) is 3.68. The molecule has 3 rings (SSSR count). The minimum absolute atomic E-state index is 0.0620. The van der Waals surface area contributed by atoms with Crippen molar-refractivity contribution in [3.63, 3.8) is 0 Å². The molecule has 1 amide bonds. The van der Waals surface area contributed by atoms with Crippen molar-refractivity contribution in [2.75, 3.05) is 13.1 Å². The molecule has 3 heteroatoms. The molecule has 19 heavy (non-hydrogen) atoms. The van der Waals surface area contributed by atoms with Crippen LogP contribution in [0.15, 0.2) is 24.3 Å². The number of piperidine rings is 1. The topological polar surface area (TPSA) is 20.3 Å². The van der Waals surface area contributed by atoms with Gasteiger partial charge in [-0.05, 0) is 43.2 Å². The zero-order valence-electron chi connectivity index (χ0n) is 11.1. The predicted octanol–water partition coefficient (Wildman–Crippen LogP) is 3.34. The maximum absolute atomic E-state index is 12.7. The number of rotatable bonds is 1. The molecule has 2 unspecified atom stereocenters. The highest BCUT2D eigenvalue weighted by Crippen LogP contribution is 2.33. The summed E-state index contributed by atoms with van der Waals surface area (Å²) >= 11 is 6.20. The van der Waals surface area contributed by atoms with Gasteiger partial charge in [0.1, 0.15) is 0 Å². The molecule has 1 aliphatic heterocycles. The zero-order chi connectivity index (χ0) is 13.2. The van der Waals surface area contributed by atoms with Crippen LogP contribution in [0.25, 0.3) is 0 Å². The SMILES string of the molecule is O=C(C1CCCc2ccccc21)N1CCCC(Cl)C1. The van der Waals surface area contributed by atoms with Crippen molar-refractivity contribution in [1.82, 2.24) is 4.90 Å². The molecule has 1 aromatic carbocycles. The van der Waals surface area contributed by atoms with Gasteiger partial charge in [-0.3, -0.25) is 4.79 Å². The first-order valence-corrected chi connectivity index (χ1v) is 7.70. The predicted molar refractivity (Wildman–Crippen MR) is 77.6 cm³/mol. The van der Waals surface area contributed by atoms with E-state index in [0.29, 0.717) is 0 Å². The van der Waals surface area contributed by atoms with Gasteiger partial charge in [0.2, 0.25) is 5.91 Å². The van der Waals surface area contributed by atoms with Crippen LogP contribution in [0.2, 0.25) is 0 Å². The fraction of sp³-hybridized carbons (Fsp3) is 0.562. The average Bonchev–Trinajstić information content (AvgIpc) is 2.46.